The van der Waals surface area contributed by atoms with Crippen molar-refractivity contribution < 1.29 is 26.4 Å². The van der Waals surface area contributed by atoms with Crippen LogP contribution in [0.3, 0.4) is 0 Å². The predicted molar refractivity (Wildman–Crippen MR) is 41.1 cm³/mol. The number of hydrogen-bond donors (Lipinski definition) is 1. The third-order valence-electron chi connectivity index (χ3n) is 1.10. The maximum Gasteiger partial charge on any atom is 0.336 e. The first kappa shape index (κ1) is 10.7. The molecule has 0 aromatic heterocycles. The van der Waals surface area contributed by atoms with Gasteiger partial charge in [0.1, 0.15) is 0 Å². The van der Waals surface area contributed by atoms with Gasteiger partial charge in [0.05, 0.1) is 5.56 Å². The molecule has 2 nitrogen and oxygen atoms in total. The van der Waals surface area contributed by atoms with Gasteiger partial charge >= 0.3 is 5.97 Å². The molecule has 0 bridgehead atoms. The van der Waals surface area contributed by atoms with Crippen LogP contribution in [0.15, 0.2) is 28.7 Å². The summed E-state index contributed by atoms with van der Waals surface area (Å²) in [5, 5.41) is 8.54. The predicted octanol–water partition coefficient (Wildman–Crippen LogP) is 2.14. The summed E-state index contributed by atoms with van der Waals surface area (Å²) in [7, 11) is 0. The molecule has 0 amide bonds. The number of rotatable bonds is 1. The fourth-order valence-electron chi connectivity index (χ4n) is 0.635. The Morgan fingerprint density at radius 2 is 1.91 bits per heavy atom. The van der Waals surface area contributed by atoms with Crippen LogP contribution in [0.5, 0.6) is 0 Å². The van der Waals surface area contributed by atoms with Crippen LogP contribution in [0, 0.1) is 0 Å². The Labute approximate surface area is 82.7 Å². The number of benzene rings is 1. The Balaban J connectivity index is 0.000001000. The van der Waals surface area contributed by atoms with E-state index in [0.717, 1.165) is 0 Å². The van der Waals surface area contributed by atoms with E-state index >= 15 is 0 Å². The van der Waals surface area contributed by atoms with Gasteiger partial charge in [0, 0.05) is 21.0 Å². The van der Waals surface area contributed by atoms with E-state index in [4.69, 9.17) is 5.11 Å². The second kappa shape index (κ2) is 4.52. The van der Waals surface area contributed by atoms with Gasteiger partial charge in [-0.25, -0.2) is 4.79 Å². The Hall–Kier alpha value is -0.336. The second-order valence-corrected chi connectivity index (χ2v) is 2.64. The quantitative estimate of drug-likeness (QED) is 0.785. The molecule has 0 saturated carbocycles. The average Bonchev–Trinajstić information content (AvgIpc) is 1.88. The van der Waals surface area contributed by atoms with E-state index in [2.05, 4.69) is 15.9 Å². The van der Waals surface area contributed by atoms with Gasteiger partial charge in [-0.3, -0.25) is 0 Å². The minimum absolute atomic E-state index is 0. The minimum Gasteiger partial charge on any atom is -0.478 e. The molecular formula is C7H5BrNiO2. The zero-order valence-electron chi connectivity index (χ0n) is 5.36. The summed E-state index contributed by atoms with van der Waals surface area (Å²) < 4.78 is 0.613. The van der Waals surface area contributed by atoms with Gasteiger partial charge in [-0.15, -0.1) is 0 Å². The summed E-state index contributed by atoms with van der Waals surface area (Å²) in [6, 6.07) is 6.71. The molecular weight excluding hydrogens is 255 g/mol. The number of carboxylic acid groups (broad SMARTS) is 1. The summed E-state index contributed by atoms with van der Waals surface area (Å²) in [6.07, 6.45) is 0. The van der Waals surface area contributed by atoms with Crippen LogP contribution in [0.1, 0.15) is 10.4 Å². The van der Waals surface area contributed by atoms with Gasteiger partial charge in [0.2, 0.25) is 0 Å². The molecule has 1 rings (SSSR count). The van der Waals surface area contributed by atoms with Crippen LogP contribution >= 0.6 is 15.9 Å². The van der Waals surface area contributed by atoms with Crippen molar-refractivity contribution in [1.29, 1.82) is 0 Å². The van der Waals surface area contributed by atoms with E-state index in [0.29, 0.717) is 10.0 Å². The second-order valence-electron chi connectivity index (χ2n) is 1.78. The first-order valence-electron chi connectivity index (χ1n) is 2.69. The summed E-state index contributed by atoms with van der Waals surface area (Å²) in [5.74, 6) is -0.910. The Kier molecular flexibility index (Phi) is 4.38. The van der Waals surface area contributed by atoms with Gasteiger partial charge < -0.3 is 5.11 Å². The van der Waals surface area contributed by atoms with Crippen molar-refractivity contribution in [2.24, 2.45) is 0 Å². The number of carboxylic acids is 1. The Morgan fingerprint density at radius 1 is 1.36 bits per heavy atom. The molecule has 4 heteroatoms. The molecule has 0 radical (unpaired) electrons. The van der Waals surface area contributed by atoms with E-state index in [1.54, 1.807) is 24.3 Å². The maximum atomic E-state index is 10.4. The third-order valence-corrected chi connectivity index (χ3v) is 1.80. The maximum absolute atomic E-state index is 10.4. The van der Waals surface area contributed by atoms with Crippen molar-refractivity contribution in [3.63, 3.8) is 0 Å². The van der Waals surface area contributed by atoms with Crippen LogP contribution in [-0.2, 0) is 16.5 Å². The van der Waals surface area contributed by atoms with Gasteiger partial charge in [-0.2, -0.15) is 0 Å². The van der Waals surface area contributed by atoms with Gasteiger partial charge in [0.15, 0.2) is 0 Å². The number of halogens is 1. The third kappa shape index (κ3) is 2.64. The van der Waals surface area contributed by atoms with E-state index < -0.39 is 5.97 Å². The van der Waals surface area contributed by atoms with E-state index in [1.165, 1.54) is 0 Å². The molecule has 1 N–H and O–H groups in total. The number of aromatic carboxylic acids is 1. The van der Waals surface area contributed by atoms with E-state index in [1.807, 2.05) is 0 Å². The van der Waals surface area contributed by atoms with Crippen molar-refractivity contribution >= 4 is 21.9 Å². The largest absolute Gasteiger partial charge is 0.478 e. The fourth-order valence-corrected chi connectivity index (χ4v) is 1.09. The van der Waals surface area contributed by atoms with Crippen molar-refractivity contribution in [1.82, 2.24) is 0 Å². The first-order valence-corrected chi connectivity index (χ1v) is 3.49. The van der Waals surface area contributed by atoms with Crippen LogP contribution < -0.4 is 0 Å². The zero-order chi connectivity index (χ0) is 7.56. The zero-order valence-corrected chi connectivity index (χ0v) is 7.93. The van der Waals surface area contributed by atoms with Crippen molar-refractivity contribution in [2.75, 3.05) is 0 Å². The molecule has 62 valence electrons. The SMILES string of the molecule is O=C(O)c1ccccc1Br.[Ni]. The van der Waals surface area contributed by atoms with Crippen LogP contribution in [-0.4, -0.2) is 11.1 Å². The molecule has 1 aromatic rings. The Bertz CT molecular complexity index is 262. The number of hydrogen-bond acceptors (Lipinski definition) is 1. The standard InChI is InChI=1S/C7H5BrO2.Ni/c8-6-4-2-1-3-5(6)7(9)10;/h1-4H,(H,9,10);. The molecule has 0 fully saturated rings. The van der Waals surface area contributed by atoms with Crippen molar-refractivity contribution in [2.45, 2.75) is 0 Å². The topological polar surface area (TPSA) is 37.3 Å². The molecule has 0 saturated heterocycles. The van der Waals surface area contributed by atoms with E-state index in [-0.39, 0.29) is 16.5 Å². The van der Waals surface area contributed by atoms with Crippen LogP contribution in [0.2, 0.25) is 0 Å². The first-order chi connectivity index (χ1) is 4.72. The summed E-state index contributed by atoms with van der Waals surface area (Å²) in [6.45, 7) is 0. The van der Waals surface area contributed by atoms with Crippen LogP contribution in [0.4, 0.5) is 0 Å². The van der Waals surface area contributed by atoms with Gasteiger partial charge in [-0.05, 0) is 28.1 Å². The molecule has 0 aliphatic rings. The molecule has 0 unspecified atom stereocenters. The average molecular weight is 260 g/mol. The van der Waals surface area contributed by atoms with Gasteiger partial charge in [-0.1, -0.05) is 12.1 Å². The Morgan fingerprint density at radius 3 is 2.27 bits per heavy atom. The molecule has 0 aliphatic carbocycles. The number of carbonyl (C=O) groups is 1. The summed E-state index contributed by atoms with van der Waals surface area (Å²) >= 11 is 3.12. The normalized spacial score (nSPS) is 8.45. The van der Waals surface area contributed by atoms with E-state index in [9.17, 15) is 4.79 Å². The molecule has 0 spiro atoms. The molecule has 11 heavy (non-hydrogen) atoms. The van der Waals surface area contributed by atoms with Crippen molar-refractivity contribution in [3.8, 4) is 0 Å². The molecule has 0 heterocycles. The van der Waals surface area contributed by atoms with Crippen molar-refractivity contribution in [3.05, 3.63) is 34.3 Å². The molecule has 1 aromatic carbocycles. The molecule has 0 atom stereocenters. The fraction of sp³-hybridized carbons (Fsp3) is 0. The minimum atomic E-state index is -0.910. The molecule has 0 aliphatic heterocycles. The monoisotopic (exact) mass is 258 g/mol. The smallest absolute Gasteiger partial charge is 0.336 e. The van der Waals surface area contributed by atoms with Gasteiger partial charge in [0.25, 0.3) is 0 Å². The summed E-state index contributed by atoms with van der Waals surface area (Å²) in [4.78, 5) is 10.4. The summed E-state index contributed by atoms with van der Waals surface area (Å²) in [5.41, 5.74) is 0.294. The van der Waals surface area contributed by atoms with Crippen LogP contribution in [0.25, 0.3) is 0 Å².